The van der Waals surface area contributed by atoms with E-state index in [1.165, 1.54) is 6.92 Å². The number of ether oxygens (including phenoxy) is 1. The quantitative estimate of drug-likeness (QED) is 0.534. The first-order valence-electron chi connectivity index (χ1n) is 6.54. The summed E-state index contributed by atoms with van der Waals surface area (Å²) in [5.74, 6) is -0.0803. The molecule has 0 saturated heterocycles. The third kappa shape index (κ3) is 2.56. The maximum atomic E-state index is 12.5. The van der Waals surface area contributed by atoms with E-state index in [9.17, 15) is 9.59 Å². The molecule has 0 saturated carbocycles. The zero-order chi connectivity index (χ0) is 14.8. The van der Waals surface area contributed by atoms with Crippen LogP contribution < -0.4 is 4.74 Å². The molecule has 0 amide bonds. The van der Waals surface area contributed by atoms with Crippen molar-refractivity contribution in [1.29, 1.82) is 0 Å². The zero-order valence-corrected chi connectivity index (χ0v) is 11.4. The van der Waals surface area contributed by atoms with Crippen LogP contribution in [0.25, 0.3) is 10.9 Å². The maximum absolute atomic E-state index is 12.5. The van der Waals surface area contributed by atoms with Crippen molar-refractivity contribution in [1.82, 2.24) is 4.57 Å². The molecule has 4 nitrogen and oxygen atoms in total. The molecule has 0 bridgehead atoms. The Bertz CT molecular complexity index is 818. The van der Waals surface area contributed by atoms with Crippen molar-refractivity contribution in [2.24, 2.45) is 0 Å². The number of rotatable bonds is 2. The van der Waals surface area contributed by atoms with Gasteiger partial charge in [-0.25, -0.2) is 0 Å². The van der Waals surface area contributed by atoms with Crippen molar-refractivity contribution >= 4 is 22.8 Å². The average molecular weight is 279 g/mol. The van der Waals surface area contributed by atoms with Crippen molar-refractivity contribution in [3.05, 3.63) is 66.4 Å². The Balaban J connectivity index is 2.06. The van der Waals surface area contributed by atoms with Gasteiger partial charge < -0.3 is 4.74 Å². The van der Waals surface area contributed by atoms with Crippen LogP contribution in [0, 0.1) is 0 Å². The Labute approximate surface area is 121 Å². The second-order valence-electron chi connectivity index (χ2n) is 4.67. The number of benzene rings is 2. The minimum absolute atomic E-state index is 0.120. The predicted octanol–water partition coefficient (Wildman–Crippen LogP) is 3.26. The lowest BCUT2D eigenvalue weighted by atomic mass is 10.2. The van der Waals surface area contributed by atoms with Gasteiger partial charge in [0.2, 0.25) is 0 Å². The van der Waals surface area contributed by atoms with Gasteiger partial charge in [0.05, 0.1) is 5.52 Å². The molecular formula is C17H13NO3. The van der Waals surface area contributed by atoms with E-state index in [-0.39, 0.29) is 11.9 Å². The zero-order valence-electron chi connectivity index (χ0n) is 11.4. The van der Waals surface area contributed by atoms with Gasteiger partial charge in [0.25, 0.3) is 5.91 Å². The first kappa shape index (κ1) is 13.1. The third-order valence-electron chi connectivity index (χ3n) is 3.17. The van der Waals surface area contributed by atoms with Gasteiger partial charge in [0, 0.05) is 30.1 Å². The molecule has 3 aromatic rings. The van der Waals surface area contributed by atoms with Crippen molar-refractivity contribution in [3.8, 4) is 5.75 Å². The highest BCUT2D eigenvalue weighted by Gasteiger charge is 2.12. The summed E-state index contributed by atoms with van der Waals surface area (Å²) in [5.41, 5.74) is 1.32. The van der Waals surface area contributed by atoms with Crippen LogP contribution in [-0.4, -0.2) is 16.4 Å². The lowest BCUT2D eigenvalue weighted by Crippen LogP contribution is -2.10. The minimum atomic E-state index is -0.387. The lowest BCUT2D eigenvalue weighted by Gasteiger charge is -2.06. The van der Waals surface area contributed by atoms with Crippen LogP contribution in [0.1, 0.15) is 17.3 Å². The van der Waals surface area contributed by atoms with Gasteiger partial charge in [-0.2, -0.15) is 0 Å². The molecule has 1 heterocycles. The largest absolute Gasteiger partial charge is 0.427 e. The Hall–Kier alpha value is -2.88. The van der Waals surface area contributed by atoms with Gasteiger partial charge in [-0.15, -0.1) is 0 Å². The number of carbonyl (C=O) groups is 2. The number of carbonyl (C=O) groups excluding carboxylic acids is 2. The van der Waals surface area contributed by atoms with Crippen molar-refractivity contribution in [2.75, 3.05) is 0 Å². The molecule has 0 unspecified atom stereocenters. The highest BCUT2D eigenvalue weighted by Crippen LogP contribution is 2.23. The molecule has 2 aromatic carbocycles. The Morgan fingerprint density at radius 1 is 1.00 bits per heavy atom. The summed E-state index contributed by atoms with van der Waals surface area (Å²) in [6.45, 7) is 1.35. The molecular weight excluding hydrogens is 266 g/mol. The van der Waals surface area contributed by atoms with E-state index < -0.39 is 0 Å². The van der Waals surface area contributed by atoms with Gasteiger partial charge in [0.1, 0.15) is 5.75 Å². The highest BCUT2D eigenvalue weighted by atomic mass is 16.5. The van der Waals surface area contributed by atoms with Crippen molar-refractivity contribution in [3.63, 3.8) is 0 Å². The van der Waals surface area contributed by atoms with E-state index in [2.05, 4.69) is 0 Å². The molecule has 0 aliphatic carbocycles. The average Bonchev–Trinajstić information content (AvgIpc) is 2.90. The van der Waals surface area contributed by atoms with Crippen LogP contribution in [0.3, 0.4) is 0 Å². The minimum Gasteiger partial charge on any atom is -0.427 e. The molecule has 0 spiro atoms. The Morgan fingerprint density at radius 2 is 1.76 bits per heavy atom. The number of hydrogen-bond acceptors (Lipinski definition) is 3. The molecule has 21 heavy (non-hydrogen) atoms. The summed E-state index contributed by atoms with van der Waals surface area (Å²) in [7, 11) is 0. The fraction of sp³-hybridized carbons (Fsp3) is 0.0588. The number of aromatic nitrogens is 1. The SMILES string of the molecule is CC(=O)Oc1ccc2ccn(C(=O)c3ccccc3)c2c1. The smallest absolute Gasteiger partial charge is 0.308 e. The van der Waals surface area contributed by atoms with Gasteiger partial charge >= 0.3 is 5.97 Å². The summed E-state index contributed by atoms with van der Waals surface area (Å²) in [6.07, 6.45) is 1.72. The summed E-state index contributed by atoms with van der Waals surface area (Å²) < 4.78 is 6.62. The summed E-state index contributed by atoms with van der Waals surface area (Å²) in [6, 6.07) is 16.1. The molecule has 0 atom stereocenters. The molecule has 0 radical (unpaired) electrons. The first-order valence-corrected chi connectivity index (χ1v) is 6.54. The van der Waals surface area contributed by atoms with E-state index in [4.69, 9.17) is 4.74 Å². The topological polar surface area (TPSA) is 48.3 Å². The van der Waals surface area contributed by atoms with E-state index in [1.54, 1.807) is 35.0 Å². The predicted molar refractivity (Wildman–Crippen MR) is 79.4 cm³/mol. The Morgan fingerprint density at radius 3 is 2.48 bits per heavy atom. The van der Waals surface area contributed by atoms with Gasteiger partial charge in [-0.3, -0.25) is 14.2 Å². The van der Waals surface area contributed by atoms with Crippen LogP contribution >= 0.6 is 0 Å². The molecule has 3 rings (SSSR count). The molecule has 0 fully saturated rings. The molecule has 1 aromatic heterocycles. The van der Waals surface area contributed by atoms with E-state index in [0.717, 1.165) is 5.39 Å². The van der Waals surface area contributed by atoms with Crippen LogP contribution in [0.15, 0.2) is 60.8 Å². The first-order chi connectivity index (χ1) is 10.1. The van der Waals surface area contributed by atoms with Crippen LogP contribution in [0.2, 0.25) is 0 Å². The fourth-order valence-electron chi connectivity index (χ4n) is 2.23. The summed E-state index contributed by atoms with van der Waals surface area (Å²) in [5, 5.41) is 0.912. The molecule has 0 aliphatic rings. The number of nitrogens with zero attached hydrogens (tertiary/aromatic N) is 1. The standard InChI is InChI=1S/C17H13NO3/c1-12(19)21-15-8-7-13-9-10-18(16(13)11-15)17(20)14-5-3-2-4-6-14/h2-11H,1H3. The summed E-state index contributed by atoms with van der Waals surface area (Å²) >= 11 is 0. The molecule has 4 heteroatoms. The van der Waals surface area contributed by atoms with E-state index in [1.807, 2.05) is 30.3 Å². The van der Waals surface area contributed by atoms with Gasteiger partial charge in [-0.05, 0) is 30.3 Å². The fourth-order valence-corrected chi connectivity index (χ4v) is 2.23. The Kier molecular flexibility index (Phi) is 3.28. The normalized spacial score (nSPS) is 10.5. The van der Waals surface area contributed by atoms with Crippen molar-refractivity contribution in [2.45, 2.75) is 6.92 Å². The van der Waals surface area contributed by atoms with Gasteiger partial charge in [0.15, 0.2) is 0 Å². The molecule has 0 aliphatic heterocycles. The van der Waals surface area contributed by atoms with Crippen LogP contribution in [0.4, 0.5) is 0 Å². The van der Waals surface area contributed by atoms with E-state index in [0.29, 0.717) is 16.8 Å². The van der Waals surface area contributed by atoms with Crippen molar-refractivity contribution < 1.29 is 14.3 Å². The highest BCUT2D eigenvalue weighted by molar-refractivity contribution is 6.02. The lowest BCUT2D eigenvalue weighted by molar-refractivity contribution is -0.131. The number of esters is 1. The molecule has 0 N–H and O–H groups in total. The third-order valence-corrected chi connectivity index (χ3v) is 3.17. The monoisotopic (exact) mass is 279 g/mol. The van der Waals surface area contributed by atoms with E-state index >= 15 is 0 Å². The second kappa shape index (κ2) is 5.25. The number of hydrogen-bond donors (Lipinski definition) is 0. The van der Waals surface area contributed by atoms with Crippen LogP contribution in [-0.2, 0) is 4.79 Å². The van der Waals surface area contributed by atoms with Crippen LogP contribution in [0.5, 0.6) is 5.75 Å². The van der Waals surface area contributed by atoms with Gasteiger partial charge in [-0.1, -0.05) is 18.2 Å². The second-order valence-corrected chi connectivity index (χ2v) is 4.67. The molecule has 104 valence electrons. The summed E-state index contributed by atoms with van der Waals surface area (Å²) in [4.78, 5) is 23.5. The number of fused-ring (bicyclic) bond motifs is 1. The maximum Gasteiger partial charge on any atom is 0.308 e.